The molecular weight excluding hydrogens is 297 g/mol. The summed E-state index contributed by atoms with van der Waals surface area (Å²) in [6.45, 7) is 2.44. The molecule has 2 rings (SSSR count). The van der Waals surface area contributed by atoms with Gasteiger partial charge in [-0.1, -0.05) is 11.6 Å². The number of amides is 2. The number of nitrogens with one attached hydrogen (secondary N) is 1. The predicted molar refractivity (Wildman–Crippen MR) is 77.8 cm³/mol. The van der Waals surface area contributed by atoms with Gasteiger partial charge in [0.2, 0.25) is 5.91 Å². The smallest absolute Gasteiger partial charge is 0.256 e. The monoisotopic (exact) mass is 313 g/mol. The molecule has 1 aliphatic heterocycles. The van der Waals surface area contributed by atoms with Crippen LogP contribution in [0, 0.1) is 5.82 Å². The minimum atomic E-state index is -0.611. The van der Waals surface area contributed by atoms with Gasteiger partial charge < -0.3 is 10.2 Å². The van der Waals surface area contributed by atoms with Crippen molar-refractivity contribution in [3.8, 4) is 0 Å². The normalized spacial score (nSPS) is 15.9. The molecule has 1 aliphatic rings. The Labute approximate surface area is 127 Å². The van der Waals surface area contributed by atoms with Crippen molar-refractivity contribution in [2.75, 3.05) is 39.8 Å². The Morgan fingerprint density at radius 1 is 1.29 bits per heavy atom. The van der Waals surface area contributed by atoms with Crippen LogP contribution in [0.1, 0.15) is 10.4 Å². The second kappa shape index (κ2) is 6.87. The van der Waals surface area contributed by atoms with E-state index in [1.54, 1.807) is 11.9 Å². The molecule has 0 unspecified atom stereocenters. The highest BCUT2D eigenvalue weighted by molar-refractivity contribution is 6.30. The maximum absolute atomic E-state index is 13.8. The number of hydrogen-bond donors (Lipinski definition) is 1. The fourth-order valence-corrected chi connectivity index (χ4v) is 2.38. The van der Waals surface area contributed by atoms with Crippen molar-refractivity contribution in [1.29, 1.82) is 0 Å². The summed E-state index contributed by atoms with van der Waals surface area (Å²) < 4.78 is 13.8. The summed E-state index contributed by atoms with van der Waals surface area (Å²) in [6, 6.07) is 4.03. The van der Waals surface area contributed by atoms with Crippen LogP contribution in [-0.4, -0.2) is 61.4 Å². The molecule has 1 aromatic carbocycles. The van der Waals surface area contributed by atoms with Crippen LogP contribution < -0.4 is 5.32 Å². The van der Waals surface area contributed by atoms with Gasteiger partial charge in [0, 0.05) is 38.2 Å². The fourth-order valence-electron chi connectivity index (χ4n) is 2.22. The molecule has 114 valence electrons. The van der Waals surface area contributed by atoms with E-state index in [0.717, 1.165) is 6.07 Å². The molecule has 0 radical (unpaired) electrons. The first-order valence-electron chi connectivity index (χ1n) is 6.68. The quantitative estimate of drug-likeness (QED) is 0.905. The standard InChI is InChI=1S/C14H17ClFN3O2/c1-17-13(20)9-18-4-6-19(7-5-18)14(21)11-3-2-10(15)8-12(11)16/h2-3,8H,4-7,9H2,1H3,(H,17,20). The number of carbonyl (C=O) groups is 2. The van der Waals surface area contributed by atoms with E-state index in [1.165, 1.54) is 12.1 Å². The zero-order valence-corrected chi connectivity index (χ0v) is 12.5. The SMILES string of the molecule is CNC(=O)CN1CCN(C(=O)c2ccc(Cl)cc2F)CC1. The van der Waals surface area contributed by atoms with Gasteiger partial charge in [-0.15, -0.1) is 0 Å². The molecule has 1 heterocycles. The number of likely N-dealkylation sites (N-methyl/N-ethyl adjacent to an activating group) is 1. The van der Waals surface area contributed by atoms with Crippen LogP contribution in [0.5, 0.6) is 0 Å². The molecule has 2 amide bonds. The van der Waals surface area contributed by atoms with Crippen LogP contribution in [0.25, 0.3) is 0 Å². The summed E-state index contributed by atoms with van der Waals surface area (Å²) in [7, 11) is 1.59. The molecule has 0 spiro atoms. The van der Waals surface area contributed by atoms with E-state index < -0.39 is 5.82 Å². The summed E-state index contributed by atoms with van der Waals surface area (Å²) in [4.78, 5) is 27.1. The second-order valence-electron chi connectivity index (χ2n) is 4.87. The first kappa shape index (κ1) is 15.7. The first-order chi connectivity index (χ1) is 10.0. The lowest BCUT2D eigenvalue weighted by atomic mass is 10.1. The molecule has 0 atom stereocenters. The number of nitrogens with zero attached hydrogens (tertiary/aromatic N) is 2. The summed E-state index contributed by atoms with van der Waals surface area (Å²) in [5, 5.41) is 2.82. The molecule has 0 bridgehead atoms. The third kappa shape index (κ3) is 3.92. The van der Waals surface area contributed by atoms with Gasteiger partial charge in [-0.05, 0) is 18.2 Å². The van der Waals surface area contributed by atoms with E-state index in [9.17, 15) is 14.0 Å². The summed E-state index contributed by atoms with van der Waals surface area (Å²) in [5.41, 5.74) is 0.0270. The molecule has 1 fully saturated rings. The Morgan fingerprint density at radius 2 is 1.95 bits per heavy atom. The lowest BCUT2D eigenvalue weighted by molar-refractivity contribution is -0.122. The second-order valence-corrected chi connectivity index (χ2v) is 5.30. The van der Waals surface area contributed by atoms with E-state index in [0.29, 0.717) is 32.7 Å². The highest BCUT2D eigenvalue weighted by Gasteiger charge is 2.24. The molecule has 7 heteroatoms. The van der Waals surface area contributed by atoms with Gasteiger partial charge in [-0.3, -0.25) is 14.5 Å². The molecule has 0 saturated carbocycles. The topological polar surface area (TPSA) is 52.7 Å². The van der Waals surface area contributed by atoms with E-state index in [4.69, 9.17) is 11.6 Å². The Morgan fingerprint density at radius 3 is 2.52 bits per heavy atom. The fraction of sp³-hybridized carbons (Fsp3) is 0.429. The molecule has 1 aromatic rings. The third-order valence-electron chi connectivity index (χ3n) is 3.47. The number of rotatable bonds is 3. The number of halogens is 2. The minimum Gasteiger partial charge on any atom is -0.358 e. The average Bonchev–Trinajstić information content (AvgIpc) is 2.47. The minimum absolute atomic E-state index is 0.0270. The van der Waals surface area contributed by atoms with Crippen LogP contribution in [0.2, 0.25) is 5.02 Å². The zero-order valence-electron chi connectivity index (χ0n) is 11.7. The van der Waals surface area contributed by atoms with Gasteiger partial charge in [0.15, 0.2) is 0 Å². The van der Waals surface area contributed by atoms with Crippen molar-refractivity contribution in [2.24, 2.45) is 0 Å². The zero-order chi connectivity index (χ0) is 15.4. The van der Waals surface area contributed by atoms with Crippen molar-refractivity contribution >= 4 is 23.4 Å². The molecular formula is C14H17ClFN3O2. The molecule has 5 nitrogen and oxygen atoms in total. The van der Waals surface area contributed by atoms with Crippen molar-refractivity contribution in [3.63, 3.8) is 0 Å². The van der Waals surface area contributed by atoms with Gasteiger partial charge in [-0.2, -0.15) is 0 Å². The molecule has 0 aromatic heterocycles. The molecule has 21 heavy (non-hydrogen) atoms. The number of hydrogen-bond acceptors (Lipinski definition) is 3. The largest absolute Gasteiger partial charge is 0.358 e. The summed E-state index contributed by atoms with van der Waals surface area (Å²) >= 11 is 5.68. The van der Waals surface area contributed by atoms with Crippen LogP contribution in [0.4, 0.5) is 4.39 Å². The Bertz CT molecular complexity index is 545. The van der Waals surface area contributed by atoms with E-state index in [2.05, 4.69) is 5.32 Å². The Kier molecular flexibility index (Phi) is 5.14. The highest BCUT2D eigenvalue weighted by Crippen LogP contribution is 2.17. The van der Waals surface area contributed by atoms with E-state index >= 15 is 0 Å². The summed E-state index contributed by atoms with van der Waals surface area (Å²) in [5.74, 6) is -1.01. The molecule has 1 saturated heterocycles. The maximum Gasteiger partial charge on any atom is 0.256 e. The Hall–Kier alpha value is -1.66. The highest BCUT2D eigenvalue weighted by atomic mass is 35.5. The lowest BCUT2D eigenvalue weighted by Crippen LogP contribution is -2.51. The van der Waals surface area contributed by atoms with Gasteiger partial charge in [0.1, 0.15) is 5.82 Å². The predicted octanol–water partition coefficient (Wildman–Crippen LogP) is 0.983. The van der Waals surface area contributed by atoms with Gasteiger partial charge in [-0.25, -0.2) is 4.39 Å². The third-order valence-corrected chi connectivity index (χ3v) is 3.70. The first-order valence-corrected chi connectivity index (χ1v) is 7.06. The molecule has 0 aliphatic carbocycles. The van der Waals surface area contributed by atoms with Crippen molar-refractivity contribution < 1.29 is 14.0 Å². The van der Waals surface area contributed by atoms with Crippen LogP contribution >= 0.6 is 11.6 Å². The summed E-state index contributed by atoms with van der Waals surface area (Å²) in [6.07, 6.45) is 0. The van der Waals surface area contributed by atoms with Crippen molar-refractivity contribution in [1.82, 2.24) is 15.1 Å². The van der Waals surface area contributed by atoms with E-state index in [-0.39, 0.29) is 22.4 Å². The number of carbonyl (C=O) groups excluding carboxylic acids is 2. The van der Waals surface area contributed by atoms with Crippen molar-refractivity contribution in [3.05, 3.63) is 34.6 Å². The Balaban J connectivity index is 1.95. The average molecular weight is 314 g/mol. The molecule has 1 N–H and O–H groups in total. The maximum atomic E-state index is 13.8. The number of piperazine rings is 1. The van der Waals surface area contributed by atoms with Gasteiger partial charge >= 0.3 is 0 Å². The van der Waals surface area contributed by atoms with Gasteiger partial charge in [0.25, 0.3) is 5.91 Å². The number of benzene rings is 1. The van der Waals surface area contributed by atoms with Crippen LogP contribution in [0.3, 0.4) is 0 Å². The van der Waals surface area contributed by atoms with Crippen molar-refractivity contribution in [2.45, 2.75) is 0 Å². The van der Waals surface area contributed by atoms with Crippen LogP contribution in [-0.2, 0) is 4.79 Å². The van der Waals surface area contributed by atoms with E-state index in [1.807, 2.05) is 4.90 Å². The van der Waals surface area contributed by atoms with Crippen LogP contribution in [0.15, 0.2) is 18.2 Å². The van der Waals surface area contributed by atoms with Gasteiger partial charge in [0.05, 0.1) is 12.1 Å². The lowest BCUT2D eigenvalue weighted by Gasteiger charge is -2.34.